The van der Waals surface area contributed by atoms with Crippen LogP contribution in [0.25, 0.3) is 10.9 Å². The van der Waals surface area contributed by atoms with Gasteiger partial charge in [-0.1, -0.05) is 17.7 Å². The number of hydrogen-bond acceptors (Lipinski definition) is 1. The zero-order chi connectivity index (χ0) is 12.8. The van der Waals surface area contributed by atoms with Gasteiger partial charge < -0.3 is 4.98 Å². The summed E-state index contributed by atoms with van der Waals surface area (Å²) in [7, 11) is 0. The fourth-order valence-corrected chi connectivity index (χ4v) is 1.75. The van der Waals surface area contributed by atoms with Gasteiger partial charge >= 0.3 is 6.18 Å². The van der Waals surface area contributed by atoms with Gasteiger partial charge in [-0.15, -0.1) is 0 Å². The number of hydrogen-bond donors (Lipinski definition) is 1. The van der Waals surface area contributed by atoms with Gasteiger partial charge in [0, 0.05) is 11.5 Å². The summed E-state index contributed by atoms with van der Waals surface area (Å²) in [6, 6.07) is 3.58. The van der Waals surface area contributed by atoms with Crippen molar-refractivity contribution in [2.75, 3.05) is 0 Å². The molecule has 0 radical (unpaired) electrons. The lowest BCUT2D eigenvalue weighted by Crippen LogP contribution is -2.14. The maximum Gasteiger partial charge on any atom is 0.431 e. The smallest absolute Gasteiger partial charge is 0.350 e. The zero-order valence-electron chi connectivity index (χ0n) is 8.65. The van der Waals surface area contributed by atoms with Crippen LogP contribution in [0.1, 0.15) is 11.3 Å². The quantitative estimate of drug-likeness (QED) is 0.773. The first-order chi connectivity index (χ1) is 7.80. The number of benzene rings is 1. The van der Waals surface area contributed by atoms with Crippen LogP contribution < -0.4 is 5.43 Å². The average molecular weight is 262 g/mol. The standard InChI is InChI=1S/C11H7ClF3NO/c1-5-2-3-6-7(17)4-8(11(13,14)15)16-10(6)9(5)12/h2-4H,1H3,(H,16,17). The van der Waals surface area contributed by atoms with Gasteiger partial charge in [0.25, 0.3) is 0 Å². The van der Waals surface area contributed by atoms with Crippen LogP contribution in [0, 0.1) is 6.92 Å². The van der Waals surface area contributed by atoms with Crippen molar-refractivity contribution in [2.24, 2.45) is 0 Å². The van der Waals surface area contributed by atoms with Crippen LogP contribution in [0.4, 0.5) is 13.2 Å². The summed E-state index contributed by atoms with van der Waals surface area (Å²) in [5.74, 6) is 0. The number of pyridine rings is 1. The maximum absolute atomic E-state index is 12.5. The zero-order valence-corrected chi connectivity index (χ0v) is 9.41. The molecule has 0 spiro atoms. The molecule has 2 aromatic rings. The van der Waals surface area contributed by atoms with Gasteiger partial charge in [0.05, 0.1) is 10.5 Å². The average Bonchev–Trinajstić information content (AvgIpc) is 2.22. The lowest BCUT2D eigenvalue weighted by atomic mass is 10.1. The second-order valence-corrected chi connectivity index (χ2v) is 4.04. The highest BCUT2D eigenvalue weighted by Gasteiger charge is 2.32. The molecule has 0 saturated heterocycles. The molecule has 0 unspecified atom stereocenters. The Hall–Kier alpha value is -1.49. The number of halogens is 4. The minimum atomic E-state index is -4.60. The van der Waals surface area contributed by atoms with Gasteiger partial charge in [-0.25, -0.2) is 0 Å². The van der Waals surface area contributed by atoms with Crippen LogP contribution in [0.2, 0.25) is 5.02 Å². The lowest BCUT2D eigenvalue weighted by molar-refractivity contribution is -0.141. The molecule has 0 fully saturated rings. The first-order valence-corrected chi connectivity index (χ1v) is 5.08. The summed E-state index contributed by atoms with van der Waals surface area (Å²) in [5.41, 5.74) is -1.17. The predicted molar refractivity (Wildman–Crippen MR) is 59.3 cm³/mol. The fourth-order valence-electron chi connectivity index (χ4n) is 1.54. The van der Waals surface area contributed by atoms with Crippen molar-refractivity contribution in [3.05, 3.63) is 44.7 Å². The molecule has 2 rings (SSSR count). The first kappa shape index (κ1) is 12.0. The summed E-state index contributed by atoms with van der Waals surface area (Å²) in [5, 5.41) is 0.277. The highest BCUT2D eigenvalue weighted by molar-refractivity contribution is 6.35. The number of alkyl halides is 3. The molecule has 0 bridgehead atoms. The summed E-state index contributed by atoms with van der Waals surface area (Å²) in [4.78, 5) is 13.7. The number of nitrogens with one attached hydrogen (secondary N) is 1. The Kier molecular flexibility index (Phi) is 2.66. The number of H-pyrrole nitrogens is 1. The van der Waals surface area contributed by atoms with E-state index in [1.165, 1.54) is 6.07 Å². The third-order valence-corrected chi connectivity index (χ3v) is 2.93. The molecule has 0 aliphatic heterocycles. The molecule has 1 N–H and O–H groups in total. The van der Waals surface area contributed by atoms with Gasteiger partial charge in [-0.2, -0.15) is 13.2 Å². The number of aromatic amines is 1. The molecule has 1 aromatic heterocycles. The molecular formula is C11H7ClF3NO. The minimum Gasteiger partial charge on any atom is -0.350 e. The van der Waals surface area contributed by atoms with Crippen molar-refractivity contribution in [1.82, 2.24) is 4.98 Å². The molecule has 0 aliphatic carbocycles. The third-order valence-electron chi connectivity index (χ3n) is 2.44. The van der Waals surface area contributed by atoms with E-state index in [0.717, 1.165) is 0 Å². The van der Waals surface area contributed by atoms with Gasteiger partial charge in [-0.3, -0.25) is 4.79 Å². The van der Waals surface area contributed by atoms with Crippen LogP contribution in [-0.4, -0.2) is 4.98 Å². The highest BCUT2D eigenvalue weighted by Crippen LogP contribution is 2.30. The lowest BCUT2D eigenvalue weighted by Gasteiger charge is -2.09. The summed E-state index contributed by atoms with van der Waals surface area (Å²) in [6.07, 6.45) is -4.60. The van der Waals surface area contributed by atoms with Crippen LogP contribution in [0.15, 0.2) is 23.0 Å². The van der Waals surface area contributed by atoms with Crippen molar-refractivity contribution >= 4 is 22.5 Å². The Bertz CT molecular complexity index is 645. The Morgan fingerprint density at radius 2 is 1.94 bits per heavy atom. The van der Waals surface area contributed by atoms with Crippen LogP contribution in [-0.2, 0) is 6.18 Å². The number of fused-ring (bicyclic) bond motifs is 1. The topological polar surface area (TPSA) is 32.9 Å². The van der Waals surface area contributed by atoms with Crippen molar-refractivity contribution in [3.63, 3.8) is 0 Å². The molecule has 0 amide bonds. The second-order valence-electron chi connectivity index (χ2n) is 3.66. The maximum atomic E-state index is 12.5. The van der Waals surface area contributed by atoms with E-state index in [2.05, 4.69) is 4.98 Å². The molecular weight excluding hydrogens is 255 g/mol. The van der Waals surface area contributed by atoms with Crippen LogP contribution in [0.3, 0.4) is 0 Å². The van der Waals surface area contributed by atoms with Crippen LogP contribution >= 0.6 is 11.6 Å². The molecule has 17 heavy (non-hydrogen) atoms. The van der Waals surface area contributed by atoms with E-state index < -0.39 is 17.3 Å². The molecule has 6 heteroatoms. The molecule has 0 saturated carbocycles. The van der Waals surface area contributed by atoms with Crippen molar-refractivity contribution in [2.45, 2.75) is 13.1 Å². The van der Waals surface area contributed by atoms with E-state index in [1.54, 1.807) is 13.0 Å². The molecule has 1 aromatic carbocycles. The van der Waals surface area contributed by atoms with E-state index in [1.807, 2.05) is 0 Å². The van der Waals surface area contributed by atoms with E-state index in [-0.39, 0.29) is 15.9 Å². The molecule has 0 atom stereocenters. The Balaban J connectivity index is 2.89. The number of aryl methyl sites for hydroxylation is 1. The monoisotopic (exact) mass is 261 g/mol. The largest absolute Gasteiger partial charge is 0.431 e. The van der Waals surface area contributed by atoms with Crippen molar-refractivity contribution in [1.29, 1.82) is 0 Å². The van der Waals surface area contributed by atoms with Crippen LogP contribution in [0.5, 0.6) is 0 Å². The Morgan fingerprint density at radius 1 is 1.29 bits per heavy atom. The third kappa shape index (κ3) is 2.02. The second kappa shape index (κ2) is 3.77. The normalized spacial score (nSPS) is 12.1. The number of aromatic nitrogens is 1. The SMILES string of the molecule is Cc1ccc2c(=O)cc(C(F)(F)F)[nH]c2c1Cl. The van der Waals surface area contributed by atoms with Gasteiger partial charge in [0.1, 0.15) is 5.69 Å². The first-order valence-electron chi connectivity index (χ1n) is 4.70. The molecule has 1 heterocycles. The molecule has 2 nitrogen and oxygen atoms in total. The van der Waals surface area contributed by atoms with E-state index in [4.69, 9.17) is 11.6 Å². The van der Waals surface area contributed by atoms with Gasteiger partial charge in [0.2, 0.25) is 0 Å². The highest BCUT2D eigenvalue weighted by atomic mass is 35.5. The Morgan fingerprint density at radius 3 is 2.53 bits per heavy atom. The van der Waals surface area contributed by atoms with Gasteiger partial charge in [0.15, 0.2) is 5.43 Å². The predicted octanol–water partition coefficient (Wildman–Crippen LogP) is 3.51. The molecule has 90 valence electrons. The Labute approximate surface area is 99.0 Å². The number of rotatable bonds is 0. The minimum absolute atomic E-state index is 0.0199. The summed E-state index contributed by atoms with van der Waals surface area (Å²) < 4.78 is 37.5. The fraction of sp³-hybridized carbons (Fsp3) is 0.182. The van der Waals surface area contributed by atoms with Crippen molar-refractivity contribution in [3.8, 4) is 0 Å². The van der Waals surface area contributed by atoms with E-state index >= 15 is 0 Å². The van der Waals surface area contributed by atoms with Gasteiger partial charge in [-0.05, 0) is 18.6 Å². The summed E-state index contributed by atoms with van der Waals surface area (Å²) in [6.45, 7) is 1.65. The van der Waals surface area contributed by atoms with E-state index in [9.17, 15) is 18.0 Å². The molecule has 0 aliphatic rings. The van der Waals surface area contributed by atoms with E-state index in [0.29, 0.717) is 11.6 Å². The van der Waals surface area contributed by atoms with Crippen molar-refractivity contribution < 1.29 is 13.2 Å². The summed E-state index contributed by atoms with van der Waals surface area (Å²) >= 11 is 5.88.